The molecule has 1 aromatic carbocycles. The molecular formula is C17H21FN4O2S. The molecule has 1 heterocycles. The van der Waals surface area contributed by atoms with E-state index in [1.54, 1.807) is 10.3 Å². The van der Waals surface area contributed by atoms with E-state index >= 15 is 0 Å². The number of aromatic nitrogens is 1. The van der Waals surface area contributed by atoms with Crippen molar-refractivity contribution in [1.82, 2.24) is 9.88 Å². The third kappa shape index (κ3) is 5.53. The molecule has 2 rings (SSSR count). The van der Waals surface area contributed by atoms with Gasteiger partial charge in [-0.25, -0.2) is 14.2 Å². The summed E-state index contributed by atoms with van der Waals surface area (Å²) in [6, 6.07) is 4.93. The Morgan fingerprint density at radius 2 is 1.76 bits per heavy atom. The molecule has 134 valence electrons. The Hall–Kier alpha value is -2.48. The summed E-state index contributed by atoms with van der Waals surface area (Å²) >= 11 is 1.18. The summed E-state index contributed by atoms with van der Waals surface area (Å²) < 4.78 is 12.9. The van der Waals surface area contributed by atoms with Crippen LogP contribution in [0.4, 0.5) is 20.0 Å². The van der Waals surface area contributed by atoms with Crippen molar-refractivity contribution in [3.05, 3.63) is 41.2 Å². The predicted octanol–water partition coefficient (Wildman–Crippen LogP) is 4.19. The average molecular weight is 364 g/mol. The number of nitrogens with one attached hydrogen (secondary N) is 2. The molecule has 1 aromatic heterocycles. The Balaban J connectivity index is 1.96. The monoisotopic (exact) mass is 364 g/mol. The number of thiazole rings is 1. The first-order valence-corrected chi connectivity index (χ1v) is 8.99. The molecule has 0 atom stereocenters. The van der Waals surface area contributed by atoms with Crippen molar-refractivity contribution in [3.8, 4) is 0 Å². The van der Waals surface area contributed by atoms with Gasteiger partial charge >= 0.3 is 6.03 Å². The lowest BCUT2D eigenvalue weighted by Crippen LogP contribution is -2.32. The fraction of sp³-hybridized carbons (Fsp3) is 0.353. The minimum absolute atomic E-state index is 0.132. The largest absolute Gasteiger partial charge is 0.337 e. The third-order valence-electron chi connectivity index (χ3n) is 3.32. The summed E-state index contributed by atoms with van der Waals surface area (Å²) in [5, 5.41) is 7.11. The second-order valence-corrected chi connectivity index (χ2v) is 6.27. The molecule has 25 heavy (non-hydrogen) atoms. The number of nitrogens with zero attached hydrogens (tertiary/aromatic N) is 2. The quantitative estimate of drug-likeness (QED) is 0.774. The van der Waals surface area contributed by atoms with Gasteiger partial charge in [0, 0.05) is 24.2 Å². The second kappa shape index (κ2) is 9.12. The molecule has 0 radical (unpaired) electrons. The van der Waals surface area contributed by atoms with Gasteiger partial charge < -0.3 is 10.2 Å². The second-order valence-electron chi connectivity index (χ2n) is 5.42. The van der Waals surface area contributed by atoms with Crippen LogP contribution in [0.5, 0.6) is 0 Å². The standard InChI is InChI=1S/C17H21FN4O2S/c1-3-9-22(10-4-2)15(23)14-11-25-17(20-14)21-16(24)19-13-7-5-12(18)6-8-13/h5-8,11H,3-4,9-10H2,1-2H3,(H2,19,20,21,24). The van der Waals surface area contributed by atoms with E-state index in [2.05, 4.69) is 15.6 Å². The molecule has 0 saturated heterocycles. The lowest BCUT2D eigenvalue weighted by Gasteiger charge is -2.20. The van der Waals surface area contributed by atoms with Crippen LogP contribution < -0.4 is 10.6 Å². The molecule has 0 bridgehead atoms. The molecule has 2 aromatic rings. The molecule has 0 unspecified atom stereocenters. The van der Waals surface area contributed by atoms with Crippen LogP contribution >= 0.6 is 11.3 Å². The van der Waals surface area contributed by atoms with Gasteiger partial charge in [0.15, 0.2) is 5.13 Å². The number of halogens is 1. The Morgan fingerprint density at radius 1 is 1.12 bits per heavy atom. The number of amides is 3. The molecule has 0 fully saturated rings. The van der Waals surface area contributed by atoms with E-state index in [1.165, 1.54) is 35.6 Å². The van der Waals surface area contributed by atoms with Crippen LogP contribution in [0.1, 0.15) is 37.2 Å². The van der Waals surface area contributed by atoms with Crippen LogP contribution in [0.25, 0.3) is 0 Å². The van der Waals surface area contributed by atoms with Gasteiger partial charge in [-0.05, 0) is 37.1 Å². The van der Waals surface area contributed by atoms with Gasteiger partial charge in [0.2, 0.25) is 0 Å². The number of rotatable bonds is 7. The Morgan fingerprint density at radius 3 is 2.36 bits per heavy atom. The minimum atomic E-state index is -0.501. The molecule has 6 nitrogen and oxygen atoms in total. The third-order valence-corrected chi connectivity index (χ3v) is 4.08. The normalized spacial score (nSPS) is 10.4. The van der Waals surface area contributed by atoms with Crippen molar-refractivity contribution in [2.45, 2.75) is 26.7 Å². The maximum absolute atomic E-state index is 12.9. The highest BCUT2D eigenvalue weighted by molar-refractivity contribution is 7.14. The highest BCUT2D eigenvalue weighted by atomic mass is 32.1. The van der Waals surface area contributed by atoms with Crippen molar-refractivity contribution < 1.29 is 14.0 Å². The molecule has 0 saturated carbocycles. The van der Waals surface area contributed by atoms with Gasteiger partial charge in [0.05, 0.1) is 0 Å². The van der Waals surface area contributed by atoms with Gasteiger partial charge in [-0.3, -0.25) is 10.1 Å². The van der Waals surface area contributed by atoms with Crippen LogP contribution in [0, 0.1) is 5.82 Å². The smallest absolute Gasteiger partial charge is 0.325 e. The van der Waals surface area contributed by atoms with Crippen molar-refractivity contribution in [1.29, 1.82) is 0 Å². The molecule has 2 N–H and O–H groups in total. The first-order valence-electron chi connectivity index (χ1n) is 8.11. The number of hydrogen-bond acceptors (Lipinski definition) is 4. The van der Waals surface area contributed by atoms with Crippen molar-refractivity contribution in [3.63, 3.8) is 0 Å². The number of benzene rings is 1. The van der Waals surface area contributed by atoms with Gasteiger partial charge in [-0.2, -0.15) is 0 Å². The number of carbonyl (C=O) groups excluding carboxylic acids is 2. The highest BCUT2D eigenvalue weighted by Gasteiger charge is 2.18. The lowest BCUT2D eigenvalue weighted by atomic mass is 10.3. The molecule has 3 amide bonds. The fourth-order valence-electron chi connectivity index (χ4n) is 2.24. The molecule has 0 aliphatic rings. The molecule has 0 aliphatic heterocycles. The van der Waals surface area contributed by atoms with Crippen LogP contribution in [0.2, 0.25) is 0 Å². The Labute approximate surface area is 150 Å². The summed E-state index contributed by atoms with van der Waals surface area (Å²) in [6.45, 7) is 5.39. The fourth-order valence-corrected chi connectivity index (χ4v) is 2.92. The van der Waals surface area contributed by atoms with Gasteiger partial charge in [-0.1, -0.05) is 13.8 Å². The first kappa shape index (κ1) is 18.9. The number of anilines is 2. The topological polar surface area (TPSA) is 74.3 Å². The predicted molar refractivity (Wildman–Crippen MR) is 97.6 cm³/mol. The van der Waals surface area contributed by atoms with E-state index < -0.39 is 6.03 Å². The molecule has 0 spiro atoms. The summed E-state index contributed by atoms with van der Waals surface area (Å²) in [4.78, 5) is 30.3. The van der Waals surface area contributed by atoms with Crippen LogP contribution in [0.3, 0.4) is 0 Å². The summed E-state index contributed by atoms with van der Waals surface area (Å²) in [5.41, 5.74) is 0.785. The van der Waals surface area contributed by atoms with E-state index in [9.17, 15) is 14.0 Å². The highest BCUT2D eigenvalue weighted by Crippen LogP contribution is 2.18. The van der Waals surface area contributed by atoms with E-state index in [1.807, 2.05) is 13.8 Å². The van der Waals surface area contributed by atoms with E-state index in [0.29, 0.717) is 29.6 Å². The first-order chi connectivity index (χ1) is 12.0. The summed E-state index contributed by atoms with van der Waals surface area (Å²) in [6.07, 6.45) is 1.75. The van der Waals surface area contributed by atoms with Gasteiger partial charge in [-0.15, -0.1) is 11.3 Å². The van der Waals surface area contributed by atoms with Crippen molar-refractivity contribution in [2.24, 2.45) is 0 Å². The zero-order valence-corrected chi connectivity index (χ0v) is 15.0. The maximum Gasteiger partial charge on any atom is 0.325 e. The SMILES string of the molecule is CCCN(CCC)C(=O)c1csc(NC(=O)Nc2ccc(F)cc2)n1. The summed E-state index contributed by atoms with van der Waals surface area (Å²) in [7, 11) is 0. The zero-order chi connectivity index (χ0) is 18.2. The molecule has 8 heteroatoms. The number of carbonyl (C=O) groups is 2. The lowest BCUT2D eigenvalue weighted by molar-refractivity contribution is 0.0750. The number of hydrogen-bond donors (Lipinski definition) is 2. The maximum atomic E-state index is 12.9. The van der Waals surface area contributed by atoms with E-state index in [4.69, 9.17) is 0 Å². The van der Waals surface area contributed by atoms with Crippen LogP contribution in [0.15, 0.2) is 29.6 Å². The van der Waals surface area contributed by atoms with Gasteiger partial charge in [0.25, 0.3) is 5.91 Å². The molecular weight excluding hydrogens is 343 g/mol. The summed E-state index contributed by atoms with van der Waals surface area (Å²) in [5.74, 6) is -0.510. The van der Waals surface area contributed by atoms with Crippen molar-refractivity contribution >= 4 is 34.1 Å². The minimum Gasteiger partial charge on any atom is -0.337 e. The van der Waals surface area contributed by atoms with Crippen LogP contribution in [-0.4, -0.2) is 34.9 Å². The van der Waals surface area contributed by atoms with Crippen molar-refractivity contribution in [2.75, 3.05) is 23.7 Å². The Bertz CT molecular complexity index is 712. The van der Waals surface area contributed by atoms with E-state index in [-0.39, 0.29) is 11.7 Å². The number of urea groups is 1. The Kier molecular flexibility index (Phi) is 6.88. The average Bonchev–Trinajstić information content (AvgIpc) is 3.04. The van der Waals surface area contributed by atoms with E-state index in [0.717, 1.165) is 12.8 Å². The van der Waals surface area contributed by atoms with Gasteiger partial charge in [0.1, 0.15) is 11.5 Å². The molecule has 0 aliphatic carbocycles. The zero-order valence-electron chi connectivity index (χ0n) is 14.2. The van der Waals surface area contributed by atoms with Crippen LogP contribution in [-0.2, 0) is 0 Å².